The van der Waals surface area contributed by atoms with E-state index in [9.17, 15) is 9.59 Å². The van der Waals surface area contributed by atoms with Gasteiger partial charge in [-0.3, -0.25) is 4.79 Å². The fraction of sp³-hybridized carbons (Fsp3) is 0.429. The smallest absolute Gasteiger partial charge is 0.335 e. The topological polar surface area (TPSA) is 69.6 Å². The Hall–Kier alpha value is -1.88. The summed E-state index contributed by atoms with van der Waals surface area (Å²) in [5.41, 5.74) is 1.18. The standard InChI is InChI=1S/C14H20N2O3/c1-16(2)9-7-13(17)15-8-6-11-4-3-5-12(10-11)14(18)19/h3-5,10H,6-9H2,1-2H3,(H,15,17)(H,18,19). The van der Waals surface area contributed by atoms with Crippen LogP contribution >= 0.6 is 0 Å². The van der Waals surface area contributed by atoms with Gasteiger partial charge in [0.25, 0.3) is 0 Å². The van der Waals surface area contributed by atoms with Crippen molar-refractivity contribution >= 4 is 11.9 Å². The van der Waals surface area contributed by atoms with Crippen LogP contribution in [0.5, 0.6) is 0 Å². The third-order valence-corrected chi connectivity index (χ3v) is 2.70. The van der Waals surface area contributed by atoms with Crippen molar-refractivity contribution in [3.05, 3.63) is 35.4 Å². The average molecular weight is 264 g/mol. The summed E-state index contributed by atoms with van der Waals surface area (Å²) in [7, 11) is 3.84. The van der Waals surface area contributed by atoms with Gasteiger partial charge in [0.2, 0.25) is 5.91 Å². The van der Waals surface area contributed by atoms with E-state index in [1.807, 2.05) is 25.1 Å². The Labute approximate surface area is 113 Å². The predicted molar refractivity (Wildman–Crippen MR) is 73.3 cm³/mol. The van der Waals surface area contributed by atoms with Crippen molar-refractivity contribution in [2.45, 2.75) is 12.8 Å². The first-order valence-corrected chi connectivity index (χ1v) is 6.22. The number of benzene rings is 1. The summed E-state index contributed by atoms with van der Waals surface area (Å²) in [6.45, 7) is 1.25. The highest BCUT2D eigenvalue weighted by Crippen LogP contribution is 2.05. The molecule has 104 valence electrons. The highest BCUT2D eigenvalue weighted by Gasteiger charge is 2.04. The maximum absolute atomic E-state index is 11.5. The molecule has 2 N–H and O–H groups in total. The van der Waals surface area contributed by atoms with Crippen molar-refractivity contribution in [1.82, 2.24) is 10.2 Å². The van der Waals surface area contributed by atoms with Gasteiger partial charge in [-0.2, -0.15) is 0 Å². The second-order valence-electron chi connectivity index (χ2n) is 4.66. The molecule has 0 saturated heterocycles. The molecule has 0 saturated carbocycles. The average Bonchev–Trinajstić information content (AvgIpc) is 2.36. The molecule has 1 rings (SSSR count). The first-order chi connectivity index (χ1) is 8.99. The molecular weight excluding hydrogens is 244 g/mol. The normalized spacial score (nSPS) is 10.5. The minimum absolute atomic E-state index is 0.0167. The van der Waals surface area contributed by atoms with E-state index in [1.54, 1.807) is 18.2 Å². The number of nitrogens with zero attached hydrogens (tertiary/aromatic N) is 1. The van der Waals surface area contributed by atoms with Crippen LogP contribution in [0.15, 0.2) is 24.3 Å². The molecule has 19 heavy (non-hydrogen) atoms. The lowest BCUT2D eigenvalue weighted by atomic mass is 10.1. The molecule has 0 heterocycles. The fourth-order valence-corrected chi connectivity index (χ4v) is 1.62. The van der Waals surface area contributed by atoms with Gasteiger partial charge in [0.15, 0.2) is 0 Å². The molecule has 1 aromatic rings. The van der Waals surface area contributed by atoms with Crippen LogP contribution in [0, 0.1) is 0 Å². The molecule has 5 heteroatoms. The zero-order valence-electron chi connectivity index (χ0n) is 11.3. The zero-order chi connectivity index (χ0) is 14.3. The molecule has 0 spiro atoms. The lowest BCUT2D eigenvalue weighted by Gasteiger charge is -2.09. The first-order valence-electron chi connectivity index (χ1n) is 6.22. The van der Waals surface area contributed by atoms with Gasteiger partial charge < -0.3 is 15.3 Å². The van der Waals surface area contributed by atoms with Crippen LogP contribution in [0.1, 0.15) is 22.3 Å². The van der Waals surface area contributed by atoms with Gasteiger partial charge in [0.1, 0.15) is 0 Å². The van der Waals surface area contributed by atoms with E-state index >= 15 is 0 Å². The second-order valence-corrected chi connectivity index (χ2v) is 4.66. The number of amides is 1. The minimum atomic E-state index is -0.933. The highest BCUT2D eigenvalue weighted by molar-refractivity contribution is 5.87. The molecule has 0 atom stereocenters. The Bertz CT molecular complexity index is 444. The molecule has 0 fully saturated rings. The van der Waals surface area contributed by atoms with Gasteiger partial charge in [0.05, 0.1) is 5.56 Å². The van der Waals surface area contributed by atoms with Crippen molar-refractivity contribution in [3.8, 4) is 0 Å². The molecule has 0 aliphatic carbocycles. The summed E-state index contributed by atoms with van der Waals surface area (Å²) in [6.07, 6.45) is 1.11. The lowest BCUT2D eigenvalue weighted by Crippen LogP contribution is -2.28. The predicted octanol–water partition coefficient (Wildman–Crippen LogP) is 0.995. The van der Waals surface area contributed by atoms with Gasteiger partial charge in [-0.1, -0.05) is 12.1 Å². The Balaban J connectivity index is 2.35. The molecule has 5 nitrogen and oxygen atoms in total. The van der Waals surface area contributed by atoms with E-state index in [0.29, 0.717) is 19.4 Å². The monoisotopic (exact) mass is 264 g/mol. The summed E-state index contributed by atoms with van der Waals surface area (Å²) in [6, 6.07) is 6.76. The Morgan fingerprint density at radius 2 is 2.05 bits per heavy atom. The molecular formula is C14H20N2O3. The van der Waals surface area contributed by atoms with Gasteiger partial charge in [-0.15, -0.1) is 0 Å². The largest absolute Gasteiger partial charge is 0.478 e. The van der Waals surface area contributed by atoms with Crippen LogP contribution in [0.2, 0.25) is 0 Å². The fourth-order valence-electron chi connectivity index (χ4n) is 1.62. The minimum Gasteiger partial charge on any atom is -0.478 e. The van der Waals surface area contributed by atoms with E-state index in [1.165, 1.54) is 0 Å². The maximum Gasteiger partial charge on any atom is 0.335 e. The molecule has 0 unspecified atom stereocenters. The quantitative estimate of drug-likeness (QED) is 0.770. The van der Waals surface area contributed by atoms with Crippen LogP contribution in [0.4, 0.5) is 0 Å². The van der Waals surface area contributed by atoms with E-state index < -0.39 is 5.97 Å². The van der Waals surface area contributed by atoms with Crippen LogP contribution in [0.3, 0.4) is 0 Å². The third kappa shape index (κ3) is 6.01. The molecule has 1 aromatic carbocycles. The van der Waals surface area contributed by atoms with E-state index in [-0.39, 0.29) is 11.5 Å². The van der Waals surface area contributed by atoms with E-state index in [2.05, 4.69) is 5.32 Å². The van der Waals surface area contributed by atoms with Crippen LogP contribution in [0.25, 0.3) is 0 Å². The number of carboxylic acids is 1. The van der Waals surface area contributed by atoms with Gasteiger partial charge >= 0.3 is 5.97 Å². The van der Waals surface area contributed by atoms with Gasteiger partial charge in [0, 0.05) is 19.5 Å². The number of nitrogens with one attached hydrogen (secondary N) is 1. The number of hydrogen-bond acceptors (Lipinski definition) is 3. The molecule has 1 amide bonds. The Morgan fingerprint density at radius 1 is 1.32 bits per heavy atom. The summed E-state index contributed by atoms with van der Waals surface area (Å²) in [5.74, 6) is -0.917. The highest BCUT2D eigenvalue weighted by atomic mass is 16.4. The van der Waals surface area contributed by atoms with E-state index in [0.717, 1.165) is 12.1 Å². The van der Waals surface area contributed by atoms with Crippen molar-refractivity contribution in [2.24, 2.45) is 0 Å². The van der Waals surface area contributed by atoms with E-state index in [4.69, 9.17) is 5.11 Å². The van der Waals surface area contributed by atoms with Crippen LogP contribution in [-0.2, 0) is 11.2 Å². The number of carbonyl (C=O) groups is 2. The third-order valence-electron chi connectivity index (χ3n) is 2.70. The lowest BCUT2D eigenvalue weighted by molar-refractivity contribution is -0.121. The second kappa shape index (κ2) is 7.53. The van der Waals surface area contributed by atoms with Crippen molar-refractivity contribution in [1.29, 1.82) is 0 Å². The summed E-state index contributed by atoms with van der Waals surface area (Å²) in [5, 5.41) is 11.7. The molecule has 0 radical (unpaired) electrons. The molecule has 0 bridgehead atoms. The van der Waals surface area contributed by atoms with Gasteiger partial charge in [-0.05, 0) is 38.2 Å². The zero-order valence-corrected chi connectivity index (χ0v) is 11.3. The number of carbonyl (C=O) groups excluding carboxylic acids is 1. The SMILES string of the molecule is CN(C)CCC(=O)NCCc1cccc(C(=O)O)c1. The Kier molecular flexibility index (Phi) is 6.02. The number of rotatable bonds is 7. The van der Waals surface area contributed by atoms with Crippen molar-refractivity contribution < 1.29 is 14.7 Å². The number of carboxylic acid groups (broad SMARTS) is 1. The Morgan fingerprint density at radius 3 is 2.68 bits per heavy atom. The summed E-state index contributed by atoms with van der Waals surface area (Å²) in [4.78, 5) is 24.2. The summed E-state index contributed by atoms with van der Waals surface area (Å²) < 4.78 is 0. The van der Waals surface area contributed by atoms with Gasteiger partial charge in [-0.25, -0.2) is 4.79 Å². The van der Waals surface area contributed by atoms with Crippen molar-refractivity contribution in [3.63, 3.8) is 0 Å². The number of aromatic carboxylic acids is 1. The summed E-state index contributed by atoms with van der Waals surface area (Å²) >= 11 is 0. The molecule has 0 aliphatic heterocycles. The van der Waals surface area contributed by atoms with Crippen LogP contribution < -0.4 is 5.32 Å². The molecule has 0 aliphatic rings. The molecule has 0 aromatic heterocycles. The first kappa shape index (κ1) is 15.2. The van der Waals surface area contributed by atoms with Crippen LogP contribution in [-0.4, -0.2) is 49.1 Å². The maximum atomic E-state index is 11.5. The van der Waals surface area contributed by atoms with Crippen molar-refractivity contribution in [2.75, 3.05) is 27.2 Å². The number of hydrogen-bond donors (Lipinski definition) is 2.